The van der Waals surface area contributed by atoms with E-state index in [4.69, 9.17) is 23.7 Å². The van der Waals surface area contributed by atoms with Gasteiger partial charge in [0.15, 0.2) is 24.5 Å². The summed E-state index contributed by atoms with van der Waals surface area (Å²) in [4.78, 5) is 6.10. The highest BCUT2D eigenvalue weighted by molar-refractivity contribution is 5.19. The molecule has 0 saturated heterocycles. The van der Waals surface area contributed by atoms with Crippen molar-refractivity contribution < 1.29 is 17.6 Å². The summed E-state index contributed by atoms with van der Waals surface area (Å²) in [5.74, 6) is -4.81. The molecule has 10 unspecified atom stereocenters. The van der Waals surface area contributed by atoms with Crippen LogP contribution in [0.1, 0.15) is 6.42 Å². The van der Waals surface area contributed by atoms with E-state index >= 15 is 0 Å². The zero-order valence-corrected chi connectivity index (χ0v) is 11.8. The van der Waals surface area contributed by atoms with Gasteiger partial charge in [0, 0.05) is 11.8 Å². The Balaban J connectivity index is 2.49. The summed E-state index contributed by atoms with van der Waals surface area (Å²) in [6.07, 6.45) is -10.2. The predicted molar refractivity (Wildman–Crippen MR) is 70.2 cm³/mol. The first-order valence-electron chi connectivity index (χ1n) is 7.01. The van der Waals surface area contributed by atoms with Crippen LogP contribution in [0, 0.1) is 59.5 Å². The van der Waals surface area contributed by atoms with E-state index in [1.165, 1.54) is 0 Å². The summed E-state index contributed by atoms with van der Waals surface area (Å²) in [6, 6.07) is 0.645. The van der Waals surface area contributed by atoms with Crippen molar-refractivity contribution in [2.75, 3.05) is 0 Å². The Bertz CT molecular complexity index is 545. The Hall–Kier alpha value is -2.32. The van der Waals surface area contributed by atoms with Crippen LogP contribution < -0.4 is 0 Å². The summed E-state index contributed by atoms with van der Waals surface area (Å²) in [5, 5.41) is 18.0. The highest BCUT2D eigenvalue weighted by Gasteiger charge is 2.65. The highest BCUT2D eigenvalue weighted by Crippen LogP contribution is 2.55. The third-order valence-electron chi connectivity index (χ3n) is 4.98. The fourth-order valence-electron chi connectivity index (χ4n) is 3.99. The van der Waals surface area contributed by atoms with Crippen LogP contribution in [-0.2, 0) is 0 Å². The summed E-state index contributed by atoms with van der Waals surface area (Å²) in [5.41, 5.74) is 0. The zero-order chi connectivity index (χ0) is 17.3. The van der Waals surface area contributed by atoms with Gasteiger partial charge in [-0.15, -0.1) is 0 Å². The second-order valence-electron chi connectivity index (χ2n) is 5.90. The minimum absolute atomic E-state index is 0.142. The first kappa shape index (κ1) is 17.0. The fraction of sp³-hybridized carbons (Fsp3) is 0.733. The number of fused-ring (bicyclic) bond motifs is 1. The van der Waals surface area contributed by atoms with E-state index < -0.39 is 60.4 Å². The molecule has 2 saturated carbocycles. The number of rotatable bonds is 2. The van der Waals surface area contributed by atoms with Crippen molar-refractivity contribution in [2.45, 2.75) is 43.2 Å². The lowest BCUT2D eigenvalue weighted by molar-refractivity contribution is -0.0860. The zero-order valence-electron chi connectivity index (χ0n) is 11.8. The lowest BCUT2D eigenvalue weighted by Gasteiger charge is -2.39. The Labute approximate surface area is 130 Å². The molecule has 0 aliphatic heterocycles. The molecule has 0 heterocycles. The van der Waals surface area contributed by atoms with Crippen molar-refractivity contribution in [3.8, 4) is 12.1 Å². The first-order valence-corrected chi connectivity index (χ1v) is 7.01. The van der Waals surface area contributed by atoms with Gasteiger partial charge in [-0.05, 0) is 6.42 Å². The van der Waals surface area contributed by atoms with Gasteiger partial charge in [-0.2, -0.15) is 10.5 Å². The van der Waals surface area contributed by atoms with Gasteiger partial charge in [0.25, 0.3) is 0 Å². The van der Waals surface area contributed by atoms with Gasteiger partial charge in [0.1, 0.15) is 12.3 Å². The van der Waals surface area contributed by atoms with Crippen LogP contribution in [0.3, 0.4) is 0 Å². The topological polar surface area (TPSA) is 56.3 Å². The number of nitrogens with zero attached hydrogens (tertiary/aromatic N) is 4. The van der Waals surface area contributed by atoms with E-state index in [2.05, 4.69) is 9.69 Å². The summed E-state index contributed by atoms with van der Waals surface area (Å²) in [7, 11) is 0. The van der Waals surface area contributed by atoms with E-state index in [1.807, 2.05) is 0 Å². The van der Waals surface area contributed by atoms with Gasteiger partial charge in [-0.1, -0.05) is 0 Å². The second kappa shape index (κ2) is 6.43. The van der Waals surface area contributed by atoms with Crippen LogP contribution in [0.2, 0.25) is 0 Å². The van der Waals surface area contributed by atoms with Gasteiger partial charge in [-0.3, -0.25) is 9.69 Å². The first-order chi connectivity index (χ1) is 10.9. The van der Waals surface area contributed by atoms with Crippen molar-refractivity contribution in [2.24, 2.45) is 23.7 Å². The molecule has 8 heteroatoms. The maximum Gasteiger partial charge on any atom is 0.310 e. The minimum atomic E-state index is -2.67. The molecule has 2 aliphatic carbocycles. The Morgan fingerprint density at radius 3 is 1.39 bits per heavy atom. The van der Waals surface area contributed by atoms with Crippen LogP contribution in [0.15, 0.2) is 0 Å². The number of hydrogen-bond donors (Lipinski definition) is 0. The van der Waals surface area contributed by atoms with Gasteiger partial charge < -0.3 is 0 Å². The van der Waals surface area contributed by atoms with Gasteiger partial charge in [0.05, 0.1) is 11.8 Å². The van der Waals surface area contributed by atoms with Gasteiger partial charge >= 0.3 is 12.1 Å². The molecule has 2 rings (SSSR count). The molecule has 0 spiro atoms. The number of alkyl halides is 4. The molecule has 0 bridgehead atoms. The minimum Gasteiger partial charge on any atom is -0.297 e. The van der Waals surface area contributed by atoms with Crippen LogP contribution >= 0.6 is 0 Å². The van der Waals surface area contributed by atoms with E-state index in [9.17, 15) is 17.6 Å². The molecule has 0 aromatic carbocycles. The molecule has 120 valence electrons. The summed E-state index contributed by atoms with van der Waals surface area (Å²) < 4.78 is 56.1. The summed E-state index contributed by atoms with van der Waals surface area (Å²) in [6.45, 7) is 14.0. The molecule has 10 atom stereocenters. The molecule has 0 aromatic heterocycles. The van der Waals surface area contributed by atoms with Crippen molar-refractivity contribution in [1.29, 1.82) is 10.5 Å². The smallest absolute Gasteiger partial charge is 0.297 e. The summed E-state index contributed by atoms with van der Waals surface area (Å²) >= 11 is 0. The van der Waals surface area contributed by atoms with E-state index in [1.54, 1.807) is 12.1 Å². The van der Waals surface area contributed by atoms with Gasteiger partial charge in [-0.25, -0.2) is 30.7 Å². The second-order valence-corrected chi connectivity index (χ2v) is 5.90. The molecular weight excluding hydrogens is 312 g/mol. The number of nitriles is 2. The SMILES string of the molecule is [C-]#[N+]C(C#N)C1CC(C(C#N)[N+]#[C-])C2C(F)C(F)C(F)C(F)C12. The third-order valence-corrected chi connectivity index (χ3v) is 4.98. The van der Waals surface area contributed by atoms with Crippen LogP contribution in [-0.4, -0.2) is 36.8 Å². The maximum atomic E-state index is 14.3. The van der Waals surface area contributed by atoms with Gasteiger partial charge in [0.2, 0.25) is 0 Å². The van der Waals surface area contributed by atoms with Crippen LogP contribution in [0.4, 0.5) is 17.6 Å². The van der Waals surface area contributed by atoms with Crippen molar-refractivity contribution in [3.05, 3.63) is 22.8 Å². The highest BCUT2D eigenvalue weighted by atomic mass is 19.2. The Morgan fingerprint density at radius 1 is 0.783 bits per heavy atom. The predicted octanol–water partition coefficient (Wildman–Crippen LogP) is 2.84. The lowest BCUT2D eigenvalue weighted by atomic mass is 9.70. The standard InChI is InChI=1S/C15H12F4N4/c1-22-8(4-20)6-3-7(9(5-21)23-2)11-10(6)12(16)14(18)15(19)13(11)17/h6-15H,3H2. The van der Waals surface area contributed by atoms with Crippen molar-refractivity contribution >= 4 is 0 Å². The van der Waals surface area contributed by atoms with E-state index in [-0.39, 0.29) is 6.42 Å². The number of halogens is 4. The number of hydrogen-bond acceptors (Lipinski definition) is 2. The molecule has 0 aromatic rings. The molecular formula is C15H12F4N4. The normalized spacial score (nSPS) is 44.7. The van der Waals surface area contributed by atoms with Crippen molar-refractivity contribution in [1.82, 2.24) is 0 Å². The average Bonchev–Trinajstić information content (AvgIpc) is 2.94. The van der Waals surface area contributed by atoms with Crippen molar-refractivity contribution in [3.63, 3.8) is 0 Å². The fourth-order valence-corrected chi connectivity index (χ4v) is 3.99. The van der Waals surface area contributed by atoms with Crippen LogP contribution in [0.5, 0.6) is 0 Å². The average molecular weight is 324 g/mol. The monoisotopic (exact) mass is 324 g/mol. The third kappa shape index (κ3) is 2.49. The van der Waals surface area contributed by atoms with Crippen LogP contribution in [0.25, 0.3) is 9.69 Å². The lowest BCUT2D eigenvalue weighted by Crippen LogP contribution is -2.54. The molecule has 0 amide bonds. The molecule has 4 nitrogen and oxygen atoms in total. The molecule has 23 heavy (non-hydrogen) atoms. The molecule has 2 aliphatic rings. The quantitative estimate of drug-likeness (QED) is 0.579. The Morgan fingerprint density at radius 2 is 1.13 bits per heavy atom. The maximum absolute atomic E-state index is 14.3. The molecule has 2 fully saturated rings. The Kier molecular flexibility index (Phi) is 4.76. The largest absolute Gasteiger partial charge is 0.310 e. The van der Waals surface area contributed by atoms with E-state index in [0.29, 0.717) is 0 Å². The van der Waals surface area contributed by atoms with E-state index in [0.717, 1.165) is 0 Å². The molecule has 0 N–H and O–H groups in total. The molecule has 0 radical (unpaired) electrons.